The van der Waals surface area contributed by atoms with E-state index in [1.165, 1.54) is 25.1 Å². The molecule has 2 aromatic carbocycles. The smallest absolute Gasteiger partial charge is 0.310 e. The van der Waals surface area contributed by atoms with Gasteiger partial charge in [-0.1, -0.05) is 42.5 Å². The molecule has 138 valence electrons. The molecule has 1 aromatic heterocycles. The highest BCUT2D eigenvalue weighted by Crippen LogP contribution is 2.18. The lowest BCUT2D eigenvalue weighted by atomic mass is 10.0. The molecule has 9 heteroatoms. The molecule has 0 fully saturated rings. The van der Waals surface area contributed by atoms with Gasteiger partial charge in [0.15, 0.2) is 10.7 Å². The number of sulfonamides is 1. The number of aromatic amines is 2. The van der Waals surface area contributed by atoms with Gasteiger partial charge in [0.05, 0.1) is 0 Å². The number of hydrogen-bond donors (Lipinski definition) is 3. The van der Waals surface area contributed by atoms with Crippen LogP contribution in [0.5, 0.6) is 0 Å². The SMILES string of the molecule is Cc1[nH]c(=O)[nH]c(=O)c1S(=O)(=O)Nc1cccc(C(=O)c2ccccc2)c1. The number of nitrogens with one attached hydrogen (secondary N) is 3. The van der Waals surface area contributed by atoms with Crippen LogP contribution >= 0.6 is 0 Å². The van der Waals surface area contributed by atoms with Crippen LogP contribution in [0.4, 0.5) is 5.69 Å². The van der Waals surface area contributed by atoms with Crippen LogP contribution in [-0.4, -0.2) is 24.2 Å². The third kappa shape index (κ3) is 3.87. The van der Waals surface area contributed by atoms with Gasteiger partial charge < -0.3 is 4.98 Å². The predicted octanol–water partition coefficient (Wildman–Crippen LogP) is 1.40. The standard InChI is InChI=1S/C18H15N3O5S/c1-11-16(17(23)20-18(24)19-11)27(25,26)21-14-9-5-8-13(10-14)15(22)12-6-3-2-4-7-12/h2-10,21H,1H3,(H2,19,20,23,24). The van der Waals surface area contributed by atoms with Crippen molar-refractivity contribution in [1.82, 2.24) is 9.97 Å². The normalized spacial score (nSPS) is 11.1. The summed E-state index contributed by atoms with van der Waals surface area (Å²) in [5.74, 6) is -0.269. The fourth-order valence-electron chi connectivity index (χ4n) is 2.60. The monoisotopic (exact) mass is 385 g/mol. The zero-order valence-electron chi connectivity index (χ0n) is 14.1. The molecule has 0 aliphatic heterocycles. The van der Waals surface area contributed by atoms with Gasteiger partial charge >= 0.3 is 5.69 Å². The third-order valence-electron chi connectivity index (χ3n) is 3.76. The summed E-state index contributed by atoms with van der Waals surface area (Å²) in [6.45, 7) is 1.31. The lowest BCUT2D eigenvalue weighted by Gasteiger charge is -2.10. The summed E-state index contributed by atoms with van der Waals surface area (Å²) in [5.41, 5.74) is -1.05. The second-order valence-corrected chi connectivity index (χ2v) is 7.36. The Labute approximate surface area is 154 Å². The van der Waals surface area contributed by atoms with Gasteiger partial charge in [0, 0.05) is 22.5 Å². The fourth-order valence-corrected chi connectivity index (χ4v) is 3.89. The molecule has 1 heterocycles. The topological polar surface area (TPSA) is 129 Å². The number of rotatable bonds is 5. The minimum Gasteiger partial charge on any atom is -0.310 e. The summed E-state index contributed by atoms with van der Waals surface area (Å²) >= 11 is 0. The Morgan fingerprint density at radius 2 is 1.59 bits per heavy atom. The summed E-state index contributed by atoms with van der Waals surface area (Å²) in [7, 11) is -4.27. The molecule has 3 aromatic rings. The number of H-pyrrole nitrogens is 2. The maximum absolute atomic E-state index is 12.6. The molecule has 0 spiro atoms. The van der Waals surface area contributed by atoms with Gasteiger partial charge in [-0.3, -0.25) is 19.3 Å². The van der Waals surface area contributed by atoms with E-state index in [-0.39, 0.29) is 22.7 Å². The summed E-state index contributed by atoms with van der Waals surface area (Å²) in [6, 6.07) is 14.5. The van der Waals surface area contributed by atoms with Crippen LogP contribution in [0.15, 0.2) is 69.1 Å². The average molecular weight is 385 g/mol. The first kappa shape index (κ1) is 18.3. The van der Waals surface area contributed by atoms with E-state index in [2.05, 4.69) is 9.71 Å². The first-order valence-corrected chi connectivity index (χ1v) is 9.32. The van der Waals surface area contributed by atoms with Crippen molar-refractivity contribution >= 4 is 21.5 Å². The van der Waals surface area contributed by atoms with E-state index in [9.17, 15) is 22.8 Å². The number of hydrogen-bond acceptors (Lipinski definition) is 5. The molecule has 0 amide bonds. The van der Waals surface area contributed by atoms with Gasteiger partial charge in [-0.2, -0.15) is 0 Å². The molecular formula is C18H15N3O5S. The van der Waals surface area contributed by atoms with Crippen molar-refractivity contribution in [3.05, 3.63) is 92.3 Å². The second kappa shape index (κ2) is 7.04. The quantitative estimate of drug-likeness (QED) is 0.572. The maximum atomic E-state index is 12.6. The van der Waals surface area contributed by atoms with Crippen molar-refractivity contribution in [3.63, 3.8) is 0 Å². The van der Waals surface area contributed by atoms with Crippen molar-refractivity contribution in [2.24, 2.45) is 0 Å². The first-order chi connectivity index (χ1) is 12.8. The molecule has 0 radical (unpaired) electrons. The largest absolute Gasteiger partial charge is 0.325 e. The molecule has 0 bridgehead atoms. The Balaban J connectivity index is 1.96. The zero-order chi connectivity index (χ0) is 19.6. The molecule has 0 saturated carbocycles. The van der Waals surface area contributed by atoms with Crippen LogP contribution in [0.2, 0.25) is 0 Å². The van der Waals surface area contributed by atoms with Crippen molar-refractivity contribution in [1.29, 1.82) is 0 Å². The average Bonchev–Trinajstić information content (AvgIpc) is 2.60. The van der Waals surface area contributed by atoms with Crippen molar-refractivity contribution < 1.29 is 13.2 Å². The number of ketones is 1. The van der Waals surface area contributed by atoms with Gasteiger partial charge in [-0.25, -0.2) is 13.2 Å². The molecule has 3 N–H and O–H groups in total. The number of carbonyl (C=O) groups excluding carboxylic acids is 1. The Bertz CT molecular complexity index is 1230. The first-order valence-electron chi connectivity index (χ1n) is 7.84. The van der Waals surface area contributed by atoms with Gasteiger partial charge in [-0.05, 0) is 19.1 Å². The summed E-state index contributed by atoms with van der Waals surface area (Å²) < 4.78 is 27.4. The Morgan fingerprint density at radius 3 is 2.26 bits per heavy atom. The zero-order valence-corrected chi connectivity index (χ0v) is 15.0. The number of anilines is 1. The summed E-state index contributed by atoms with van der Waals surface area (Å²) in [6.07, 6.45) is 0. The van der Waals surface area contributed by atoms with Crippen molar-refractivity contribution in [2.45, 2.75) is 11.8 Å². The molecule has 0 saturated heterocycles. The summed E-state index contributed by atoms with van der Waals surface area (Å²) in [4.78, 5) is 39.2. The van der Waals surface area contributed by atoms with Crippen LogP contribution in [-0.2, 0) is 10.0 Å². The highest BCUT2D eigenvalue weighted by molar-refractivity contribution is 7.92. The minimum atomic E-state index is -4.27. The molecule has 3 rings (SSSR count). The van der Waals surface area contributed by atoms with E-state index in [4.69, 9.17) is 0 Å². The van der Waals surface area contributed by atoms with E-state index in [0.717, 1.165) is 0 Å². The molecule has 0 unspecified atom stereocenters. The molecule has 8 nitrogen and oxygen atoms in total. The third-order valence-corrected chi connectivity index (χ3v) is 5.29. The van der Waals surface area contributed by atoms with Crippen LogP contribution in [0.25, 0.3) is 0 Å². The molecule has 27 heavy (non-hydrogen) atoms. The van der Waals surface area contributed by atoms with E-state index >= 15 is 0 Å². The second-order valence-electron chi connectivity index (χ2n) is 5.74. The van der Waals surface area contributed by atoms with Gasteiger partial charge in [0.2, 0.25) is 0 Å². The van der Waals surface area contributed by atoms with Crippen LogP contribution < -0.4 is 16.0 Å². The number of benzene rings is 2. The van der Waals surface area contributed by atoms with Gasteiger partial charge in [0.25, 0.3) is 15.6 Å². The van der Waals surface area contributed by atoms with E-state index < -0.39 is 26.2 Å². The molecular weight excluding hydrogens is 370 g/mol. The maximum Gasteiger partial charge on any atom is 0.325 e. The van der Waals surface area contributed by atoms with E-state index in [0.29, 0.717) is 5.56 Å². The summed E-state index contributed by atoms with van der Waals surface area (Å²) in [5, 5.41) is 0. The fraction of sp³-hybridized carbons (Fsp3) is 0.0556. The highest BCUT2D eigenvalue weighted by Gasteiger charge is 2.22. The molecule has 0 aliphatic rings. The Morgan fingerprint density at radius 1 is 0.926 bits per heavy atom. The Hall–Kier alpha value is -3.46. The molecule has 0 aliphatic carbocycles. The highest BCUT2D eigenvalue weighted by atomic mass is 32.2. The molecule has 0 atom stereocenters. The van der Waals surface area contributed by atoms with Crippen molar-refractivity contribution in [2.75, 3.05) is 4.72 Å². The lowest BCUT2D eigenvalue weighted by Crippen LogP contribution is -2.31. The minimum absolute atomic E-state index is 0.0900. The predicted molar refractivity (Wildman–Crippen MR) is 99.5 cm³/mol. The van der Waals surface area contributed by atoms with Crippen LogP contribution in [0.3, 0.4) is 0 Å². The van der Waals surface area contributed by atoms with Gasteiger partial charge in [-0.15, -0.1) is 0 Å². The van der Waals surface area contributed by atoms with Crippen LogP contribution in [0, 0.1) is 6.92 Å². The lowest BCUT2D eigenvalue weighted by molar-refractivity contribution is 0.103. The number of aromatic nitrogens is 2. The number of aryl methyl sites for hydroxylation is 1. The Kier molecular flexibility index (Phi) is 4.78. The van der Waals surface area contributed by atoms with Gasteiger partial charge in [0.1, 0.15) is 0 Å². The van der Waals surface area contributed by atoms with E-state index in [1.807, 2.05) is 4.98 Å². The van der Waals surface area contributed by atoms with Crippen molar-refractivity contribution in [3.8, 4) is 0 Å². The van der Waals surface area contributed by atoms with E-state index in [1.54, 1.807) is 36.4 Å². The van der Waals surface area contributed by atoms with Crippen LogP contribution in [0.1, 0.15) is 21.6 Å². The number of carbonyl (C=O) groups is 1.